The van der Waals surface area contributed by atoms with Crippen molar-refractivity contribution in [1.29, 1.82) is 0 Å². The van der Waals surface area contributed by atoms with Crippen LogP contribution in [-0.4, -0.2) is 37.2 Å². The van der Waals surface area contributed by atoms with Gasteiger partial charge in [-0.15, -0.1) is 0 Å². The molecule has 8 heteroatoms. The molecule has 0 spiro atoms. The molecule has 3 aromatic rings. The lowest BCUT2D eigenvalue weighted by atomic mass is 10.0. The van der Waals surface area contributed by atoms with E-state index in [0.717, 1.165) is 24.0 Å². The summed E-state index contributed by atoms with van der Waals surface area (Å²) in [4.78, 5) is 36.8. The molecule has 0 aliphatic carbocycles. The highest BCUT2D eigenvalue weighted by molar-refractivity contribution is 5.97. The molecule has 192 valence electrons. The Hall–Kier alpha value is -3.81. The van der Waals surface area contributed by atoms with Crippen molar-refractivity contribution in [1.82, 2.24) is 0 Å². The van der Waals surface area contributed by atoms with Crippen LogP contribution in [0.25, 0.3) is 11.0 Å². The number of aromatic carboxylic acids is 1. The van der Waals surface area contributed by atoms with Gasteiger partial charge in [-0.25, -0.2) is 4.79 Å². The first-order valence-electron chi connectivity index (χ1n) is 12.1. The fourth-order valence-electron chi connectivity index (χ4n) is 4.15. The number of Topliss-reactive ketones (excluding diaryl/α,β-unsaturated/α-hetero) is 1. The van der Waals surface area contributed by atoms with E-state index in [9.17, 15) is 19.5 Å². The van der Waals surface area contributed by atoms with E-state index in [2.05, 4.69) is 0 Å². The minimum absolute atomic E-state index is 0.0526. The number of carboxylic acid groups (broad SMARTS) is 1. The summed E-state index contributed by atoms with van der Waals surface area (Å²) in [5, 5.41) is 9.93. The Bertz CT molecular complexity index is 1310. The van der Waals surface area contributed by atoms with Crippen LogP contribution in [0.1, 0.15) is 72.1 Å². The highest BCUT2D eigenvalue weighted by Crippen LogP contribution is 2.34. The van der Waals surface area contributed by atoms with Crippen molar-refractivity contribution in [2.75, 3.05) is 20.3 Å². The first-order chi connectivity index (χ1) is 17.3. The fourth-order valence-corrected chi connectivity index (χ4v) is 4.15. The van der Waals surface area contributed by atoms with E-state index < -0.39 is 17.2 Å². The van der Waals surface area contributed by atoms with Gasteiger partial charge in [-0.3, -0.25) is 9.59 Å². The van der Waals surface area contributed by atoms with Gasteiger partial charge in [-0.2, -0.15) is 0 Å². The molecule has 3 rings (SSSR count). The highest BCUT2D eigenvalue weighted by Gasteiger charge is 2.23. The van der Waals surface area contributed by atoms with Gasteiger partial charge in [0.05, 0.1) is 31.3 Å². The normalized spacial score (nSPS) is 10.9. The van der Waals surface area contributed by atoms with Crippen molar-refractivity contribution in [3.8, 4) is 17.2 Å². The number of methoxy groups -OCH3 is 1. The summed E-state index contributed by atoms with van der Waals surface area (Å²) in [6, 6.07) is 8.61. The molecule has 0 aliphatic rings. The third-order valence-corrected chi connectivity index (χ3v) is 5.76. The number of rotatable bonds is 13. The second-order valence-corrected chi connectivity index (χ2v) is 8.42. The van der Waals surface area contributed by atoms with Crippen LogP contribution < -0.4 is 19.6 Å². The van der Waals surface area contributed by atoms with Crippen molar-refractivity contribution in [3.05, 3.63) is 63.0 Å². The summed E-state index contributed by atoms with van der Waals surface area (Å²) < 4.78 is 22.7. The first kappa shape index (κ1) is 26.8. The average molecular weight is 497 g/mol. The van der Waals surface area contributed by atoms with Gasteiger partial charge >= 0.3 is 5.97 Å². The Morgan fingerprint density at radius 2 is 1.69 bits per heavy atom. The number of carboxylic acids is 1. The Morgan fingerprint density at radius 3 is 2.33 bits per heavy atom. The monoisotopic (exact) mass is 496 g/mol. The van der Waals surface area contributed by atoms with Crippen molar-refractivity contribution >= 4 is 22.7 Å². The molecule has 2 aromatic carbocycles. The number of carbonyl (C=O) groups is 2. The van der Waals surface area contributed by atoms with Crippen molar-refractivity contribution in [2.45, 2.75) is 52.9 Å². The molecule has 0 saturated carbocycles. The number of hydrogen-bond donors (Lipinski definition) is 1. The van der Waals surface area contributed by atoms with Crippen LogP contribution in [0.15, 0.2) is 39.5 Å². The molecule has 8 nitrogen and oxygen atoms in total. The lowest BCUT2D eigenvalue weighted by molar-refractivity contribution is 0.0654. The average Bonchev–Trinajstić information content (AvgIpc) is 2.85. The van der Waals surface area contributed by atoms with E-state index in [1.165, 1.54) is 14.0 Å². The molecular weight excluding hydrogens is 464 g/mol. The summed E-state index contributed by atoms with van der Waals surface area (Å²) in [6.07, 6.45) is 3.39. The number of ketones is 1. The molecule has 36 heavy (non-hydrogen) atoms. The molecule has 0 unspecified atom stereocenters. The number of carbonyl (C=O) groups excluding carboxylic acids is 1. The van der Waals surface area contributed by atoms with E-state index >= 15 is 0 Å². The molecule has 0 fully saturated rings. The van der Waals surface area contributed by atoms with Crippen molar-refractivity contribution < 1.29 is 33.3 Å². The standard InChI is InChI=1S/C28H32O8/c1-5-9-18-11-7-12-21-23(30)26(27(28(31)32)36-24(18)21)35-16-8-15-34-22-14-13-19(17(3)29)25(33-4)20(22)10-6-2/h7,11-14H,5-6,8-10,15-16H2,1-4H3,(H,31,32). The Balaban J connectivity index is 1.76. The van der Waals surface area contributed by atoms with E-state index in [4.69, 9.17) is 18.6 Å². The van der Waals surface area contributed by atoms with Crippen molar-refractivity contribution in [2.24, 2.45) is 0 Å². The van der Waals surface area contributed by atoms with Gasteiger partial charge in [0, 0.05) is 12.0 Å². The summed E-state index contributed by atoms with van der Waals surface area (Å²) in [7, 11) is 1.53. The first-order valence-corrected chi connectivity index (χ1v) is 12.1. The zero-order chi connectivity index (χ0) is 26.2. The molecule has 0 amide bonds. The van der Waals surface area contributed by atoms with Crippen LogP contribution in [0, 0.1) is 0 Å². The Kier molecular flexibility index (Phi) is 9.11. The van der Waals surface area contributed by atoms with Crippen LogP contribution in [0.3, 0.4) is 0 Å². The van der Waals surface area contributed by atoms with Gasteiger partial charge in [-0.1, -0.05) is 38.8 Å². The van der Waals surface area contributed by atoms with E-state index in [-0.39, 0.29) is 30.3 Å². The quantitative estimate of drug-likeness (QED) is 0.245. The minimum Gasteiger partial charge on any atom is -0.496 e. The molecule has 0 bridgehead atoms. The lowest BCUT2D eigenvalue weighted by Gasteiger charge is -2.17. The van der Waals surface area contributed by atoms with Gasteiger partial charge in [0.25, 0.3) is 5.76 Å². The molecule has 0 atom stereocenters. The molecule has 1 aromatic heterocycles. The third kappa shape index (κ3) is 5.70. The number of benzene rings is 2. The molecular formula is C28H32O8. The zero-order valence-electron chi connectivity index (χ0n) is 21.1. The molecule has 0 saturated heterocycles. The summed E-state index contributed by atoms with van der Waals surface area (Å²) in [5.41, 5.74) is 1.87. The van der Waals surface area contributed by atoms with Gasteiger partial charge in [0.15, 0.2) is 5.78 Å². The maximum atomic E-state index is 13.0. The third-order valence-electron chi connectivity index (χ3n) is 5.76. The molecule has 1 heterocycles. The highest BCUT2D eigenvalue weighted by atomic mass is 16.5. The predicted molar refractivity (Wildman–Crippen MR) is 136 cm³/mol. The molecule has 0 radical (unpaired) electrons. The fraction of sp³-hybridized carbons (Fsp3) is 0.393. The number of para-hydroxylation sites is 1. The van der Waals surface area contributed by atoms with Crippen LogP contribution in [-0.2, 0) is 12.8 Å². The number of aryl methyl sites for hydroxylation is 1. The van der Waals surface area contributed by atoms with E-state index in [1.54, 1.807) is 24.3 Å². The summed E-state index contributed by atoms with van der Waals surface area (Å²) in [5.74, 6) is -1.16. The number of hydrogen-bond acceptors (Lipinski definition) is 7. The van der Waals surface area contributed by atoms with Gasteiger partial charge in [0.2, 0.25) is 11.2 Å². The smallest absolute Gasteiger partial charge is 0.375 e. The van der Waals surface area contributed by atoms with Gasteiger partial charge in [0.1, 0.15) is 17.1 Å². The van der Waals surface area contributed by atoms with E-state index in [1.807, 2.05) is 19.9 Å². The maximum Gasteiger partial charge on any atom is 0.375 e. The SMILES string of the molecule is CCCc1c(OCCCOc2c(C(=O)O)oc3c(CCC)cccc3c2=O)ccc(C(C)=O)c1OC. The number of fused-ring (bicyclic) bond motifs is 1. The zero-order valence-corrected chi connectivity index (χ0v) is 21.1. The maximum absolute atomic E-state index is 13.0. The lowest BCUT2D eigenvalue weighted by Crippen LogP contribution is -2.16. The van der Waals surface area contributed by atoms with Crippen molar-refractivity contribution in [3.63, 3.8) is 0 Å². The topological polar surface area (TPSA) is 112 Å². The van der Waals surface area contributed by atoms with Crippen LogP contribution >= 0.6 is 0 Å². The summed E-state index contributed by atoms with van der Waals surface area (Å²) >= 11 is 0. The van der Waals surface area contributed by atoms with Crippen LogP contribution in [0.4, 0.5) is 0 Å². The van der Waals surface area contributed by atoms with Gasteiger partial charge in [-0.05, 0) is 43.5 Å². The summed E-state index contributed by atoms with van der Waals surface area (Å²) in [6.45, 7) is 5.81. The largest absolute Gasteiger partial charge is 0.496 e. The van der Waals surface area contributed by atoms with E-state index in [0.29, 0.717) is 41.7 Å². The predicted octanol–water partition coefficient (Wildman–Crippen LogP) is 5.46. The Labute approximate surface area is 209 Å². The van der Waals surface area contributed by atoms with Crippen LogP contribution in [0.2, 0.25) is 0 Å². The minimum atomic E-state index is -1.37. The second-order valence-electron chi connectivity index (χ2n) is 8.42. The Morgan fingerprint density at radius 1 is 0.972 bits per heavy atom. The van der Waals surface area contributed by atoms with Gasteiger partial charge < -0.3 is 23.7 Å². The number of ether oxygens (including phenoxy) is 3. The molecule has 1 N–H and O–H groups in total. The molecule has 0 aliphatic heterocycles. The second kappa shape index (κ2) is 12.2. The van der Waals surface area contributed by atoms with Crippen LogP contribution in [0.5, 0.6) is 17.2 Å².